The lowest BCUT2D eigenvalue weighted by molar-refractivity contribution is 0.0713. The molecule has 1 heterocycles. The molecule has 5 heteroatoms. The fourth-order valence-electron chi connectivity index (χ4n) is 2.24. The first kappa shape index (κ1) is 12.6. The third-order valence-corrected chi connectivity index (χ3v) is 4.90. The lowest BCUT2D eigenvalue weighted by atomic mass is 10.2. The summed E-state index contributed by atoms with van der Waals surface area (Å²) in [5.74, 6) is -0.0136. The van der Waals surface area contributed by atoms with E-state index in [9.17, 15) is 4.79 Å². The molecule has 17 heavy (non-hydrogen) atoms. The lowest BCUT2D eigenvalue weighted by Gasteiger charge is -2.26. The minimum atomic E-state index is -0.0136. The molecule has 1 fully saturated rings. The molecule has 0 aromatic carbocycles. The van der Waals surface area contributed by atoms with Crippen LogP contribution in [0, 0.1) is 11.3 Å². The second kappa shape index (κ2) is 5.65. The van der Waals surface area contributed by atoms with Crippen molar-refractivity contribution in [3.8, 4) is 6.07 Å². The smallest absolute Gasteiger partial charge is 0.266 e. The van der Waals surface area contributed by atoms with Gasteiger partial charge in [-0.15, -0.1) is 11.3 Å². The van der Waals surface area contributed by atoms with E-state index in [1.165, 1.54) is 11.3 Å². The Morgan fingerprint density at radius 2 is 2.29 bits per heavy atom. The van der Waals surface area contributed by atoms with E-state index >= 15 is 0 Å². The number of thiophene rings is 1. The quantitative estimate of drug-likeness (QED) is 0.803. The van der Waals surface area contributed by atoms with Crippen LogP contribution in [0.2, 0.25) is 0 Å². The maximum Gasteiger partial charge on any atom is 0.266 e. The van der Waals surface area contributed by atoms with E-state index in [-0.39, 0.29) is 18.5 Å². The van der Waals surface area contributed by atoms with Crippen molar-refractivity contribution in [1.82, 2.24) is 4.90 Å². The van der Waals surface area contributed by atoms with Crippen molar-refractivity contribution in [2.45, 2.75) is 31.7 Å². The van der Waals surface area contributed by atoms with E-state index in [0.29, 0.717) is 4.88 Å². The predicted molar refractivity (Wildman–Crippen MR) is 70.9 cm³/mol. The third kappa shape index (κ3) is 2.70. The largest absolute Gasteiger partial charge is 0.322 e. The monoisotopic (exact) mass is 312 g/mol. The number of hydrogen-bond acceptors (Lipinski definition) is 3. The predicted octanol–water partition coefficient (Wildman–Crippen LogP) is 3.42. The van der Waals surface area contributed by atoms with Gasteiger partial charge in [0.05, 0.1) is 6.07 Å². The van der Waals surface area contributed by atoms with E-state index in [1.807, 2.05) is 11.4 Å². The Kier molecular flexibility index (Phi) is 4.19. The van der Waals surface area contributed by atoms with Gasteiger partial charge >= 0.3 is 0 Å². The minimum absolute atomic E-state index is 0.0136. The first-order valence-electron chi connectivity index (χ1n) is 5.65. The van der Waals surface area contributed by atoms with Crippen LogP contribution in [0.5, 0.6) is 0 Å². The van der Waals surface area contributed by atoms with Gasteiger partial charge in [-0.05, 0) is 40.2 Å². The van der Waals surface area contributed by atoms with Crippen molar-refractivity contribution in [3.05, 3.63) is 20.8 Å². The van der Waals surface area contributed by atoms with Gasteiger partial charge < -0.3 is 4.90 Å². The van der Waals surface area contributed by atoms with Gasteiger partial charge in [-0.1, -0.05) is 12.8 Å². The van der Waals surface area contributed by atoms with Gasteiger partial charge in [0, 0.05) is 10.5 Å². The van der Waals surface area contributed by atoms with Gasteiger partial charge in [0.25, 0.3) is 5.91 Å². The molecule has 0 bridgehead atoms. The lowest BCUT2D eigenvalue weighted by Crippen LogP contribution is -2.38. The number of carbonyl (C=O) groups excluding carboxylic acids is 1. The highest BCUT2D eigenvalue weighted by Crippen LogP contribution is 2.29. The average Bonchev–Trinajstić information content (AvgIpc) is 2.95. The summed E-state index contributed by atoms with van der Waals surface area (Å²) in [5, 5.41) is 10.7. The molecule has 1 aromatic heterocycles. The Hall–Kier alpha value is -0.860. The summed E-state index contributed by atoms with van der Waals surface area (Å²) < 4.78 is 0.827. The van der Waals surface area contributed by atoms with E-state index < -0.39 is 0 Å². The molecule has 0 unspecified atom stereocenters. The second-order valence-electron chi connectivity index (χ2n) is 4.13. The van der Waals surface area contributed by atoms with Crippen molar-refractivity contribution in [3.63, 3.8) is 0 Å². The molecule has 1 amide bonds. The highest BCUT2D eigenvalue weighted by molar-refractivity contribution is 9.10. The Morgan fingerprint density at radius 1 is 1.59 bits per heavy atom. The topological polar surface area (TPSA) is 44.1 Å². The van der Waals surface area contributed by atoms with Crippen molar-refractivity contribution in [1.29, 1.82) is 5.26 Å². The number of hydrogen-bond donors (Lipinski definition) is 0. The van der Waals surface area contributed by atoms with Crippen LogP contribution in [0.25, 0.3) is 0 Å². The van der Waals surface area contributed by atoms with Gasteiger partial charge in [0.2, 0.25) is 0 Å². The number of nitriles is 1. The van der Waals surface area contributed by atoms with E-state index in [2.05, 4.69) is 22.0 Å². The van der Waals surface area contributed by atoms with Crippen LogP contribution in [-0.2, 0) is 0 Å². The van der Waals surface area contributed by atoms with Gasteiger partial charge in [-0.3, -0.25) is 4.79 Å². The summed E-state index contributed by atoms with van der Waals surface area (Å²) in [5.41, 5.74) is 0. The molecule has 0 radical (unpaired) electrons. The van der Waals surface area contributed by atoms with Crippen molar-refractivity contribution in [2.24, 2.45) is 0 Å². The number of halogens is 1. The molecule has 0 saturated heterocycles. The number of amides is 1. The first-order chi connectivity index (χ1) is 8.24. The molecule has 1 aromatic rings. The summed E-state index contributed by atoms with van der Waals surface area (Å²) in [6, 6.07) is 4.22. The van der Waals surface area contributed by atoms with Crippen LogP contribution in [0.4, 0.5) is 0 Å². The highest BCUT2D eigenvalue weighted by Gasteiger charge is 2.28. The zero-order valence-electron chi connectivity index (χ0n) is 9.36. The second-order valence-corrected chi connectivity index (χ2v) is 5.90. The summed E-state index contributed by atoms with van der Waals surface area (Å²) >= 11 is 4.80. The Bertz CT molecular complexity index is 446. The van der Waals surface area contributed by atoms with E-state index in [1.54, 1.807) is 4.90 Å². The molecule has 1 aliphatic rings. The fourth-order valence-corrected chi connectivity index (χ4v) is 3.73. The van der Waals surface area contributed by atoms with Crippen LogP contribution in [-0.4, -0.2) is 23.4 Å². The summed E-state index contributed by atoms with van der Waals surface area (Å²) in [4.78, 5) is 14.8. The first-order valence-corrected chi connectivity index (χ1v) is 7.32. The maximum atomic E-state index is 12.4. The molecule has 90 valence electrons. The molecule has 0 aliphatic heterocycles. The number of nitrogens with zero attached hydrogens (tertiary/aromatic N) is 2. The average molecular weight is 313 g/mol. The van der Waals surface area contributed by atoms with Crippen molar-refractivity contribution in [2.75, 3.05) is 6.54 Å². The molecule has 1 aliphatic carbocycles. The SMILES string of the molecule is N#CCN(C(=O)c1sccc1Br)C1CCCC1. The molecule has 1 saturated carbocycles. The molecule has 2 rings (SSSR count). The van der Waals surface area contributed by atoms with Crippen LogP contribution < -0.4 is 0 Å². The van der Waals surface area contributed by atoms with Crippen LogP contribution >= 0.6 is 27.3 Å². The maximum absolute atomic E-state index is 12.4. The number of carbonyl (C=O) groups is 1. The van der Waals surface area contributed by atoms with Gasteiger partial charge in [0.15, 0.2) is 0 Å². The molecule has 0 atom stereocenters. The fraction of sp³-hybridized carbons (Fsp3) is 0.500. The molecular weight excluding hydrogens is 300 g/mol. The summed E-state index contributed by atoms with van der Waals surface area (Å²) in [6.07, 6.45) is 4.36. The van der Waals surface area contributed by atoms with Crippen LogP contribution in [0.1, 0.15) is 35.4 Å². The van der Waals surface area contributed by atoms with E-state index in [4.69, 9.17) is 5.26 Å². The van der Waals surface area contributed by atoms with Crippen LogP contribution in [0.3, 0.4) is 0 Å². The van der Waals surface area contributed by atoms with Gasteiger partial charge in [-0.25, -0.2) is 0 Å². The highest BCUT2D eigenvalue weighted by atomic mass is 79.9. The standard InChI is InChI=1S/C12H13BrN2OS/c13-10-5-8-17-11(10)12(16)15(7-6-14)9-3-1-2-4-9/h5,8-9H,1-4,7H2. The van der Waals surface area contributed by atoms with Gasteiger partial charge in [-0.2, -0.15) is 5.26 Å². The Balaban J connectivity index is 2.19. The third-order valence-electron chi connectivity index (χ3n) is 3.08. The zero-order valence-corrected chi connectivity index (χ0v) is 11.8. The van der Waals surface area contributed by atoms with Crippen molar-refractivity contribution < 1.29 is 4.79 Å². The molecule has 0 spiro atoms. The van der Waals surface area contributed by atoms with Crippen LogP contribution in [0.15, 0.2) is 15.9 Å². The number of rotatable bonds is 3. The molecule has 0 N–H and O–H groups in total. The normalized spacial score (nSPS) is 15.8. The molecular formula is C12H13BrN2OS. The Morgan fingerprint density at radius 3 is 2.82 bits per heavy atom. The zero-order chi connectivity index (χ0) is 12.3. The summed E-state index contributed by atoms with van der Waals surface area (Å²) in [6.45, 7) is 0.188. The van der Waals surface area contributed by atoms with Crippen molar-refractivity contribution >= 4 is 33.2 Å². The Labute approximate surface area is 113 Å². The van der Waals surface area contributed by atoms with Gasteiger partial charge in [0.1, 0.15) is 11.4 Å². The molecule has 3 nitrogen and oxygen atoms in total. The summed E-state index contributed by atoms with van der Waals surface area (Å²) in [7, 11) is 0. The minimum Gasteiger partial charge on any atom is -0.322 e. The van der Waals surface area contributed by atoms with E-state index in [0.717, 1.165) is 30.2 Å².